The lowest BCUT2D eigenvalue weighted by Crippen LogP contribution is -2.26. The number of hydrogen-bond acceptors (Lipinski definition) is 3. The Morgan fingerprint density at radius 2 is 1.83 bits per heavy atom. The SMILES string of the molecule is CCNC(=O)c1cnn(-c2ccc(-n3ccc(Cl)c(Br)c3=O)cc2)c1C(F)(F)F. The van der Waals surface area contributed by atoms with Crippen LogP contribution in [-0.2, 0) is 6.18 Å². The normalized spacial score (nSPS) is 11.5. The number of amides is 1. The minimum atomic E-state index is -4.80. The first-order valence-electron chi connectivity index (χ1n) is 8.26. The molecular weight excluding hydrogens is 477 g/mol. The first kappa shape index (κ1) is 21.1. The minimum absolute atomic E-state index is 0.0812. The van der Waals surface area contributed by atoms with Crippen LogP contribution in [0.3, 0.4) is 0 Å². The van der Waals surface area contributed by atoms with Gasteiger partial charge in [0.05, 0.1) is 22.5 Å². The van der Waals surface area contributed by atoms with E-state index < -0.39 is 28.9 Å². The predicted molar refractivity (Wildman–Crippen MR) is 105 cm³/mol. The van der Waals surface area contributed by atoms with Crippen molar-refractivity contribution in [1.82, 2.24) is 19.7 Å². The molecule has 2 aromatic heterocycles. The van der Waals surface area contributed by atoms with E-state index >= 15 is 0 Å². The number of carbonyl (C=O) groups is 1. The average molecular weight is 490 g/mol. The van der Waals surface area contributed by atoms with Gasteiger partial charge in [-0.05, 0) is 53.2 Å². The van der Waals surface area contributed by atoms with E-state index in [1.807, 2.05) is 0 Å². The lowest BCUT2D eigenvalue weighted by atomic mass is 10.2. The average Bonchev–Trinajstić information content (AvgIpc) is 3.12. The number of nitrogens with zero attached hydrogens (tertiary/aromatic N) is 3. The molecule has 0 atom stereocenters. The summed E-state index contributed by atoms with van der Waals surface area (Å²) in [6.45, 7) is 1.78. The molecule has 0 saturated heterocycles. The van der Waals surface area contributed by atoms with Crippen LogP contribution < -0.4 is 10.9 Å². The summed E-state index contributed by atoms with van der Waals surface area (Å²) in [5, 5.41) is 6.33. The van der Waals surface area contributed by atoms with E-state index in [4.69, 9.17) is 11.6 Å². The van der Waals surface area contributed by atoms with Gasteiger partial charge in [0.2, 0.25) is 0 Å². The number of halogens is 5. The molecule has 3 aromatic rings. The number of nitrogens with one attached hydrogen (secondary N) is 1. The largest absolute Gasteiger partial charge is 0.434 e. The Bertz CT molecular complexity index is 1120. The van der Waals surface area contributed by atoms with Crippen LogP contribution in [0.15, 0.2) is 52.0 Å². The number of alkyl halides is 3. The molecule has 6 nitrogen and oxygen atoms in total. The monoisotopic (exact) mass is 488 g/mol. The van der Waals surface area contributed by atoms with Gasteiger partial charge in [-0.3, -0.25) is 14.2 Å². The topological polar surface area (TPSA) is 68.9 Å². The van der Waals surface area contributed by atoms with E-state index in [-0.39, 0.29) is 21.7 Å². The maximum Gasteiger partial charge on any atom is 0.434 e. The van der Waals surface area contributed by atoms with Crippen LogP contribution in [0, 0.1) is 0 Å². The summed E-state index contributed by atoms with van der Waals surface area (Å²) in [6.07, 6.45) is -2.47. The van der Waals surface area contributed by atoms with Crippen LogP contribution in [-0.4, -0.2) is 26.8 Å². The quantitative estimate of drug-likeness (QED) is 0.597. The Morgan fingerprint density at radius 1 is 1.21 bits per heavy atom. The Labute approximate surface area is 176 Å². The van der Waals surface area contributed by atoms with Gasteiger partial charge in [0.25, 0.3) is 11.5 Å². The molecule has 0 aliphatic rings. The van der Waals surface area contributed by atoms with Crippen LogP contribution in [0.1, 0.15) is 23.0 Å². The van der Waals surface area contributed by atoms with Crippen LogP contribution in [0.5, 0.6) is 0 Å². The molecule has 0 aliphatic carbocycles. The molecule has 0 unspecified atom stereocenters. The lowest BCUT2D eigenvalue weighted by Gasteiger charge is -2.13. The molecule has 2 heterocycles. The second-order valence-corrected chi connectivity index (χ2v) is 7.05. The maximum absolute atomic E-state index is 13.6. The molecule has 11 heteroatoms. The third-order valence-corrected chi connectivity index (χ3v) is 5.29. The number of pyridine rings is 1. The molecule has 152 valence electrons. The number of aromatic nitrogens is 3. The fraction of sp³-hybridized carbons (Fsp3) is 0.167. The summed E-state index contributed by atoms with van der Waals surface area (Å²) in [6, 6.07) is 7.17. The number of hydrogen-bond donors (Lipinski definition) is 1. The van der Waals surface area contributed by atoms with Crippen molar-refractivity contribution in [2.45, 2.75) is 13.1 Å². The van der Waals surface area contributed by atoms with E-state index in [0.29, 0.717) is 10.4 Å². The van der Waals surface area contributed by atoms with Crippen molar-refractivity contribution >= 4 is 33.4 Å². The summed E-state index contributed by atoms with van der Waals surface area (Å²) in [5.74, 6) is -0.861. The van der Waals surface area contributed by atoms with E-state index in [1.165, 1.54) is 41.1 Å². The van der Waals surface area contributed by atoms with Crippen molar-refractivity contribution in [3.63, 3.8) is 0 Å². The van der Waals surface area contributed by atoms with E-state index in [9.17, 15) is 22.8 Å². The van der Waals surface area contributed by atoms with Gasteiger partial charge >= 0.3 is 6.18 Å². The second kappa shape index (κ2) is 8.03. The molecule has 0 radical (unpaired) electrons. The highest BCUT2D eigenvalue weighted by atomic mass is 79.9. The molecular formula is C18H13BrClF3N4O2. The van der Waals surface area contributed by atoms with Gasteiger partial charge in [0, 0.05) is 18.4 Å². The highest BCUT2D eigenvalue weighted by Gasteiger charge is 2.40. The molecule has 3 rings (SSSR count). The van der Waals surface area contributed by atoms with E-state index in [2.05, 4.69) is 26.3 Å². The molecule has 0 saturated carbocycles. The van der Waals surface area contributed by atoms with Gasteiger partial charge in [0.1, 0.15) is 4.47 Å². The fourth-order valence-electron chi connectivity index (χ4n) is 2.69. The van der Waals surface area contributed by atoms with Gasteiger partial charge in [-0.2, -0.15) is 18.3 Å². The van der Waals surface area contributed by atoms with Gasteiger partial charge in [-0.1, -0.05) is 11.6 Å². The summed E-state index contributed by atoms with van der Waals surface area (Å²) in [5.41, 5.74) is -1.67. The highest BCUT2D eigenvalue weighted by molar-refractivity contribution is 9.10. The van der Waals surface area contributed by atoms with Crippen LogP contribution in [0.2, 0.25) is 5.02 Å². The van der Waals surface area contributed by atoms with Crippen molar-refractivity contribution in [2.75, 3.05) is 6.54 Å². The third-order valence-electron chi connectivity index (χ3n) is 3.98. The maximum atomic E-state index is 13.6. The zero-order valence-electron chi connectivity index (χ0n) is 14.8. The van der Waals surface area contributed by atoms with E-state index in [0.717, 1.165) is 6.20 Å². The lowest BCUT2D eigenvalue weighted by molar-refractivity contribution is -0.143. The minimum Gasteiger partial charge on any atom is -0.352 e. The number of rotatable bonds is 4. The molecule has 0 bridgehead atoms. The van der Waals surface area contributed by atoms with E-state index in [1.54, 1.807) is 6.92 Å². The van der Waals surface area contributed by atoms with Crippen LogP contribution in [0.4, 0.5) is 13.2 Å². The highest BCUT2D eigenvalue weighted by Crippen LogP contribution is 2.33. The Hall–Kier alpha value is -2.59. The molecule has 0 spiro atoms. The summed E-state index contributed by atoms with van der Waals surface area (Å²) >= 11 is 8.97. The van der Waals surface area contributed by atoms with Crippen molar-refractivity contribution < 1.29 is 18.0 Å². The zero-order valence-corrected chi connectivity index (χ0v) is 17.1. The fourth-order valence-corrected chi connectivity index (χ4v) is 3.15. The van der Waals surface area contributed by atoms with Gasteiger partial charge in [0.15, 0.2) is 5.69 Å². The smallest absolute Gasteiger partial charge is 0.352 e. The summed E-state index contributed by atoms with van der Waals surface area (Å²) in [7, 11) is 0. The number of carbonyl (C=O) groups excluding carboxylic acids is 1. The Kier molecular flexibility index (Phi) is 5.85. The number of benzene rings is 1. The van der Waals surface area contributed by atoms with Crippen LogP contribution in [0.25, 0.3) is 11.4 Å². The van der Waals surface area contributed by atoms with Crippen LogP contribution >= 0.6 is 27.5 Å². The zero-order chi connectivity index (χ0) is 21.3. The third kappa shape index (κ3) is 4.08. The Morgan fingerprint density at radius 3 is 2.41 bits per heavy atom. The first-order chi connectivity index (χ1) is 13.6. The van der Waals surface area contributed by atoms with Gasteiger partial charge in [-0.25, -0.2) is 4.68 Å². The molecule has 1 N–H and O–H groups in total. The molecule has 29 heavy (non-hydrogen) atoms. The predicted octanol–water partition coefficient (Wildman–Crippen LogP) is 4.21. The standard InChI is InChI=1S/C18H13BrClF3N4O2/c1-2-24-16(28)12-9-25-27(15(12)18(21,22)23)11-5-3-10(4-6-11)26-8-7-13(20)14(19)17(26)29/h3-9H,2H2,1H3,(H,24,28). The molecule has 0 aliphatic heterocycles. The van der Waals surface area contributed by atoms with Crippen molar-refractivity contribution in [1.29, 1.82) is 0 Å². The molecule has 1 aromatic carbocycles. The first-order valence-corrected chi connectivity index (χ1v) is 9.43. The van der Waals surface area contributed by atoms with Gasteiger partial charge in [-0.15, -0.1) is 0 Å². The summed E-state index contributed by atoms with van der Waals surface area (Å²) < 4.78 is 42.9. The second-order valence-electron chi connectivity index (χ2n) is 5.85. The summed E-state index contributed by atoms with van der Waals surface area (Å²) in [4.78, 5) is 24.3. The molecule has 1 amide bonds. The van der Waals surface area contributed by atoms with Crippen molar-refractivity contribution in [2.24, 2.45) is 0 Å². The molecule has 0 fully saturated rings. The Balaban J connectivity index is 2.06. The van der Waals surface area contributed by atoms with Crippen molar-refractivity contribution in [3.8, 4) is 11.4 Å². The van der Waals surface area contributed by atoms with Gasteiger partial charge < -0.3 is 5.32 Å². The van der Waals surface area contributed by atoms with Crippen molar-refractivity contribution in [3.05, 3.63) is 73.8 Å².